The highest BCUT2D eigenvalue weighted by atomic mass is 16.6. The highest BCUT2D eigenvalue weighted by Gasteiger charge is 2.80. The van der Waals surface area contributed by atoms with Gasteiger partial charge in [-0.15, -0.1) is 0 Å². The first-order valence-electron chi connectivity index (χ1n) is 14.5. The van der Waals surface area contributed by atoms with Gasteiger partial charge in [-0.1, -0.05) is 20.8 Å². The molecule has 6 heteroatoms. The summed E-state index contributed by atoms with van der Waals surface area (Å²) in [5.41, 5.74) is -3.80. The summed E-state index contributed by atoms with van der Waals surface area (Å²) in [7, 11) is 0. The van der Waals surface area contributed by atoms with E-state index < -0.39 is 40.2 Å². The molecule has 208 valence electrons. The maximum absolute atomic E-state index is 11.7. The molecule has 11 atom stereocenters. The van der Waals surface area contributed by atoms with Crippen molar-refractivity contribution >= 4 is 0 Å². The van der Waals surface area contributed by atoms with Crippen molar-refractivity contribution in [2.24, 2.45) is 28.6 Å². The van der Waals surface area contributed by atoms with Gasteiger partial charge in [0.15, 0.2) is 0 Å². The molecule has 0 bridgehead atoms. The zero-order valence-electron chi connectivity index (χ0n) is 23.9. The van der Waals surface area contributed by atoms with Gasteiger partial charge in [-0.3, -0.25) is 0 Å². The fraction of sp³-hybridized carbons (Fsp3) is 1.00. The Kier molecular flexibility index (Phi) is 6.01. The standard InChI is InChI=1S/C30H52O6/c1-24(2)18-9-14-27(6,33)19(18)17-22(32)29(8)30(24,36-29)16-10-20-26(5)13-11-21(31)25(3,4)35-23(26)12-15-28(20,7)34/h18-23,31-34H,9-17H2,1-8H3/t18?,19?,20-,21-,22-,23-,26-,27-,28+,29-,30+/m1/s1. The molecule has 0 amide bonds. The van der Waals surface area contributed by atoms with Gasteiger partial charge in [-0.2, -0.15) is 0 Å². The van der Waals surface area contributed by atoms with Crippen molar-refractivity contribution in [1.82, 2.24) is 0 Å². The molecule has 0 spiro atoms. The Labute approximate surface area is 218 Å². The van der Waals surface area contributed by atoms with Gasteiger partial charge < -0.3 is 29.9 Å². The normalized spacial score (nSPS) is 57.7. The van der Waals surface area contributed by atoms with Crippen LogP contribution in [0.2, 0.25) is 0 Å². The van der Waals surface area contributed by atoms with Crippen LogP contribution in [0.15, 0.2) is 0 Å². The molecule has 3 aliphatic carbocycles. The summed E-state index contributed by atoms with van der Waals surface area (Å²) in [5.74, 6) is 0.330. The van der Waals surface area contributed by atoms with Gasteiger partial charge in [-0.25, -0.2) is 0 Å². The molecule has 4 N–H and O–H groups in total. The highest BCUT2D eigenvalue weighted by Crippen LogP contribution is 2.71. The van der Waals surface area contributed by atoms with Gasteiger partial charge in [0.05, 0.1) is 35.1 Å². The lowest BCUT2D eigenvalue weighted by Gasteiger charge is -2.54. The van der Waals surface area contributed by atoms with Crippen LogP contribution in [0.4, 0.5) is 0 Å². The number of hydrogen-bond donors (Lipinski definition) is 4. The molecule has 36 heavy (non-hydrogen) atoms. The third-order valence-corrected chi connectivity index (χ3v) is 12.7. The lowest BCUT2D eigenvalue weighted by Crippen LogP contribution is -2.57. The molecular weight excluding hydrogens is 456 g/mol. The summed E-state index contributed by atoms with van der Waals surface area (Å²) in [6.07, 6.45) is 5.59. The summed E-state index contributed by atoms with van der Waals surface area (Å²) in [5, 5.41) is 45.1. The van der Waals surface area contributed by atoms with Crippen molar-refractivity contribution < 1.29 is 29.9 Å². The van der Waals surface area contributed by atoms with E-state index in [1.54, 1.807) is 0 Å². The second-order valence-corrected chi connectivity index (χ2v) is 15.4. The van der Waals surface area contributed by atoms with E-state index in [0.717, 1.165) is 38.5 Å². The van der Waals surface area contributed by atoms with E-state index in [2.05, 4.69) is 27.7 Å². The number of ether oxygens (including phenoxy) is 2. The van der Waals surface area contributed by atoms with Crippen LogP contribution in [0.5, 0.6) is 0 Å². The van der Waals surface area contributed by atoms with Gasteiger partial charge in [0.25, 0.3) is 0 Å². The van der Waals surface area contributed by atoms with E-state index in [9.17, 15) is 20.4 Å². The Morgan fingerprint density at radius 1 is 0.750 bits per heavy atom. The van der Waals surface area contributed by atoms with Crippen LogP contribution >= 0.6 is 0 Å². The lowest BCUT2D eigenvalue weighted by molar-refractivity contribution is -0.207. The number of aliphatic hydroxyl groups is 4. The number of epoxide rings is 1. The molecule has 5 fully saturated rings. The monoisotopic (exact) mass is 508 g/mol. The maximum atomic E-state index is 11.7. The number of hydrogen-bond acceptors (Lipinski definition) is 6. The van der Waals surface area contributed by atoms with E-state index in [-0.39, 0.29) is 34.7 Å². The Hall–Kier alpha value is -0.240. The molecular formula is C30H52O6. The van der Waals surface area contributed by atoms with Crippen LogP contribution in [0.25, 0.3) is 0 Å². The SMILES string of the molecule is CC1(C)O[C@@H]2CC[C@](C)(O)[C@H](CC[C@@]34O[C@]3(C)[C@H](O)CC3C(CC[C@@]3(C)O)C4(C)C)[C@@]2(C)CC[C@H]1O. The highest BCUT2D eigenvalue weighted by molar-refractivity contribution is 5.28. The summed E-state index contributed by atoms with van der Waals surface area (Å²) in [6.45, 7) is 16.8. The van der Waals surface area contributed by atoms with Crippen molar-refractivity contribution in [3.05, 3.63) is 0 Å². The van der Waals surface area contributed by atoms with Gasteiger partial charge in [0, 0.05) is 0 Å². The molecule has 6 nitrogen and oxygen atoms in total. The second kappa shape index (κ2) is 7.91. The minimum Gasteiger partial charge on any atom is -0.390 e. The van der Waals surface area contributed by atoms with Crippen LogP contribution in [-0.2, 0) is 9.47 Å². The first-order valence-corrected chi connectivity index (χ1v) is 14.5. The van der Waals surface area contributed by atoms with E-state index in [0.29, 0.717) is 19.3 Å². The smallest absolute Gasteiger partial charge is 0.121 e. The molecule has 0 aromatic rings. The maximum Gasteiger partial charge on any atom is 0.121 e. The van der Waals surface area contributed by atoms with Crippen molar-refractivity contribution in [2.75, 3.05) is 0 Å². The van der Waals surface area contributed by atoms with Crippen molar-refractivity contribution in [3.8, 4) is 0 Å². The molecule has 0 radical (unpaired) electrons. The van der Waals surface area contributed by atoms with Crippen LogP contribution in [0, 0.1) is 28.6 Å². The Morgan fingerprint density at radius 3 is 2.06 bits per heavy atom. The summed E-state index contributed by atoms with van der Waals surface area (Å²) in [4.78, 5) is 0. The van der Waals surface area contributed by atoms with Crippen LogP contribution in [-0.4, -0.2) is 66.7 Å². The Bertz CT molecular complexity index is 881. The summed E-state index contributed by atoms with van der Waals surface area (Å²) < 4.78 is 13.2. The van der Waals surface area contributed by atoms with E-state index >= 15 is 0 Å². The average Bonchev–Trinajstić information content (AvgIpc) is 3.31. The first-order chi connectivity index (χ1) is 16.3. The number of fused-ring (bicyclic) bond motifs is 3. The third-order valence-electron chi connectivity index (χ3n) is 12.7. The van der Waals surface area contributed by atoms with Crippen molar-refractivity contribution in [1.29, 1.82) is 0 Å². The van der Waals surface area contributed by atoms with Gasteiger partial charge in [0.1, 0.15) is 11.2 Å². The molecule has 0 aromatic carbocycles. The summed E-state index contributed by atoms with van der Waals surface area (Å²) in [6, 6.07) is 0. The van der Waals surface area contributed by atoms with Crippen LogP contribution in [0.1, 0.15) is 113 Å². The second-order valence-electron chi connectivity index (χ2n) is 15.4. The molecule has 2 saturated heterocycles. The zero-order chi connectivity index (χ0) is 26.7. The average molecular weight is 509 g/mol. The van der Waals surface area contributed by atoms with E-state index in [1.807, 2.05) is 27.7 Å². The zero-order valence-corrected chi connectivity index (χ0v) is 23.9. The van der Waals surface area contributed by atoms with Crippen molar-refractivity contribution in [3.63, 3.8) is 0 Å². The van der Waals surface area contributed by atoms with Crippen LogP contribution in [0.3, 0.4) is 0 Å². The van der Waals surface area contributed by atoms with E-state index in [1.165, 1.54) is 0 Å². The van der Waals surface area contributed by atoms with Gasteiger partial charge in [-0.05, 0) is 121 Å². The number of rotatable bonds is 3. The minimum atomic E-state index is -0.830. The first kappa shape index (κ1) is 27.3. The molecule has 0 aromatic heterocycles. The molecule has 2 unspecified atom stereocenters. The molecule has 5 aliphatic rings. The minimum absolute atomic E-state index is 0.00801. The van der Waals surface area contributed by atoms with Gasteiger partial charge >= 0.3 is 0 Å². The fourth-order valence-corrected chi connectivity index (χ4v) is 10.0. The third kappa shape index (κ3) is 3.57. The number of aliphatic hydroxyl groups excluding tert-OH is 2. The molecule has 3 saturated carbocycles. The molecule has 2 heterocycles. The Morgan fingerprint density at radius 2 is 1.39 bits per heavy atom. The van der Waals surface area contributed by atoms with Crippen molar-refractivity contribution in [2.45, 2.75) is 159 Å². The lowest BCUT2D eigenvalue weighted by atomic mass is 9.54. The molecule has 5 rings (SSSR count). The molecule has 2 aliphatic heterocycles. The van der Waals surface area contributed by atoms with Gasteiger partial charge in [0.2, 0.25) is 0 Å². The Balaban J connectivity index is 1.46. The predicted octanol–water partition coefficient (Wildman–Crippen LogP) is 4.35. The quantitative estimate of drug-likeness (QED) is 0.423. The van der Waals surface area contributed by atoms with E-state index in [4.69, 9.17) is 9.47 Å². The topological polar surface area (TPSA) is 103 Å². The fourth-order valence-electron chi connectivity index (χ4n) is 10.0. The van der Waals surface area contributed by atoms with Crippen LogP contribution < -0.4 is 0 Å². The summed E-state index contributed by atoms with van der Waals surface area (Å²) >= 11 is 0. The predicted molar refractivity (Wildman–Crippen MR) is 138 cm³/mol. The largest absolute Gasteiger partial charge is 0.390 e.